The lowest BCUT2D eigenvalue weighted by molar-refractivity contribution is -0.121. The lowest BCUT2D eigenvalue weighted by atomic mass is 9.90. The monoisotopic (exact) mass is 377 g/mol. The van der Waals surface area contributed by atoms with Crippen LogP contribution in [-0.2, 0) is 11.3 Å². The van der Waals surface area contributed by atoms with Gasteiger partial charge in [0.1, 0.15) is 11.5 Å². The molecule has 1 aliphatic rings. The second kappa shape index (κ2) is 6.24. The molecule has 3 heterocycles. The summed E-state index contributed by atoms with van der Waals surface area (Å²) >= 11 is 7.92. The average Bonchev–Trinajstić information content (AvgIpc) is 3.14. The molecule has 1 unspecified atom stereocenters. The Morgan fingerprint density at radius 2 is 2.12 bits per heavy atom. The average molecular weight is 378 g/mol. The van der Waals surface area contributed by atoms with Gasteiger partial charge in [0.15, 0.2) is 4.96 Å². The lowest BCUT2D eigenvalue weighted by Gasteiger charge is -2.19. The van der Waals surface area contributed by atoms with Crippen molar-refractivity contribution in [3.63, 3.8) is 0 Å². The van der Waals surface area contributed by atoms with Crippen molar-refractivity contribution < 1.29 is 14.3 Å². The summed E-state index contributed by atoms with van der Waals surface area (Å²) in [6.45, 7) is 0.422. The van der Waals surface area contributed by atoms with Crippen LogP contribution >= 0.6 is 22.9 Å². The zero-order valence-corrected chi connectivity index (χ0v) is 15.3. The minimum Gasteiger partial charge on any atom is -0.496 e. The van der Waals surface area contributed by atoms with E-state index >= 15 is 0 Å². The van der Waals surface area contributed by atoms with E-state index in [2.05, 4.69) is 10.3 Å². The van der Waals surface area contributed by atoms with E-state index in [1.54, 1.807) is 31.6 Å². The number of nitrogens with one attached hydrogen (secondary N) is 1. The lowest BCUT2D eigenvalue weighted by Crippen LogP contribution is -2.21. The first-order valence-corrected chi connectivity index (χ1v) is 9.00. The topological polar surface area (TPSA) is 64.9 Å². The minimum absolute atomic E-state index is 0.0269. The molecule has 1 amide bonds. The van der Waals surface area contributed by atoms with Gasteiger partial charge in [-0.25, -0.2) is 4.98 Å². The van der Waals surface area contributed by atoms with E-state index in [1.807, 2.05) is 22.0 Å². The van der Waals surface area contributed by atoms with Crippen LogP contribution in [0.4, 0.5) is 0 Å². The number of rotatable bonds is 3. The van der Waals surface area contributed by atoms with E-state index in [0.717, 1.165) is 21.9 Å². The molecular formula is C17H16ClN3O3S. The van der Waals surface area contributed by atoms with E-state index in [9.17, 15) is 4.79 Å². The summed E-state index contributed by atoms with van der Waals surface area (Å²) in [5, 5.41) is 5.38. The molecule has 0 saturated carbocycles. The summed E-state index contributed by atoms with van der Waals surface area (Å²) in [5.41, 5.74) is 2.71. The van der Waals surface area contributed by atoms with Crippen LogP contribution < -0.4 is 14.8 Å². The molecule has 0 bridgehead atoms. The first-order valence-electron chi connectivity index (χ1n) is 7.74. The molecule has 130 valence electrons. The van der Waals surface area contributed by atoms with Gasteiger partial charge in [-0.3, -0.25) is 9.20 Å². The Bertz CT molecular complexity index is 966. The number of hydrogen-bond acceptors (Lipinski definition) is 5. The number of thiazole rings is 1. The van der Waals surface area contributed by atoms with Gasteiger partial charge in [0.2, 0.25) is 5.91 Å². The number of nitrogens with zero attached hydrogens (tertiary/aromatic N) is 2. The second-order valence-electron chi connectivity index (χ2n) is 5.76. The summed E-state index contributed by atoms with van der Waals surface area (Å²) in [6.07, 6.45) is 2.28. The number of halogens is 1. The highest BCUT2D eigenvalue weighted by atomic mass is 35.5. The van der Waals surface area contributed by atoms with Crippen molar-refractivity contribution >= 4 is 33.8 Å². The molecule has 1 aromatic carbocycles. The Hall–Kier alpha value is -2.25. The highest BCUT2D eigenvalue weighted by Crippen LogP contribution is 2.42. The van der Waals surface area contributed by atoms with Gasteiger partial charge in [0, 0.05) is 35.5 Å². The van der Waals surface area contributed by atoms with Crippen molar-refractivity contribution in [1.82, 2.24) is 14.7 Å². The van der Waals surface area contributed by atoms with E-state index in [-0.39, 0.29) is 11.8 Å². The van der Waals surface area contributed by atoms with Crippen molar-refractivity contribution in [1.29, 1.82) is 0 Å². The Morgan fingerprint density at radius 1 is 1.32 bits per heavy atom. The molecule has 6 nitrogen and oxygen atoms in total. The Kier molecular flexibility index (Phi) is 4.05. The van der Waals surface area contributed by atoms with Gasteiger partial charge in [-0.15, -0.1) is 11.3 Å². The molecule has 3 aromatic rings. The second-order valence-corrected chi connectivity index (χ2v) is 7.04. The number of methoxy groups -OCH3 is 2. The number of fused-ring (bicyclic) bond motifs is 3. The highest BCUT2D eigenvalue weighted by molar-refractivity contribution is 7.15. The number of benzene rings is 1. The molecule has 4 rings (SSSR count). The molecule has 0 aliphatic carbocycles. The summed E-state index contributed by atoms with van der Waals surface area (Å²) in [4.78, 5) is 17.8. The van der Waals surface area contributed by atoms with E-state index in [0.29, 0.717) is 29.5 Å². The summed E-state index contributed by atoms with van der Waals surface area (Å²) in [6, 6.07) is 3.57. The van der Waals surface area contributed by atoms with Crippen LogP contribution in [0.25, 0.3) is 4.96 Å². The molecule has 1 aliphatic heterocycles. The largest absolute Gasteiger partial charge is 0.496 e. The van der Waals surface area contributed by atoms with Gasteiger partial charge in [-0.1, -0.05) is 11.6 Å². The van der Waals surface area contributed by atoms with Crippen molar-refractivity contribution in [2.45, 2.75) is 18.9 Å². The SMILES string of the molecule is COc1cc(OC)c(C2CC(=O)NCc3nc4sccn4c32)cc1Cl. The molecule has 0 spiro atoms. The molecule has 0 fully saturated rings. The summed E-state index contributed by atoms with van der Waals surface area (Å²) in [7, 11) is 3.16. The predicted octanol–water partition coefficient (Wildman–Crippen LogP) is 3.22. The Labute approximate surface area is 153 Å². The quantitative estimate of drug-likeness (QED) is 0.761. The van der Waals surface area contributed by atoms with Crippen LogP contribution in [-0.4, -0.2) is 29.5 Å². The molecule has 8 heteroatoms. The van der Waals surface area contributed by atoms with Gasteiger partial charge >= 0.3 is 0 Å². The van der Waals surface area contributed by atoms with Gasteiger partial charge in [0.25, 0.3) is 0 Å². The maximum Gasteiger partial charge on any atom is 0.221 e. The molecule has 2 aromatic heterocycles. The fourth-order valence-corrected chi connectivity index (χ4v) is 4.29. The molecular weight excluding hydrogens is 362 g/mol. The molecule has 0 saturated heterocycles. The molecule has 25 heavy (non-hydrogen) atoms. The first kappa shape index (κ1) is 16.2. The van der Waals surface area contributed by atoms with Crippen LogP contribution in [0.2, 0.25) is 5.02 Å². The van der Waals surface area contributed by atoms with Crippen LogP contribution in [0.5, 0.6) is 11.5 Å². The van der Waals surface area contributed by atoms with Crippen LogP contribution in [0.3, 0.4) is 0 Å². The number of hydrogen-bond donors (Lipinski definition) is 1. The van der Waals surface area contributed by atoms with Gasteiger partial charge in [-0.2, -0.15) is 0 Å². The maximum absolute atomic E-state index is 12.3. The van der Waals surface area contributed by atoms with E-state index < -0.39 is 0 Å². The predicted molar refractivity (Wildman–Crippen MR) is 95.9 cm³/mol. The van der Waals surface area contributed by atoms with Crippen molar-refractivity contribution in [3.8, 4) is 11.5 Å². The van der Waals surface area contributed by atoms with Crippen LogP contribution in [0, 0.1) is 0 Å². The van der Waals surface area contributed by atoms with Crippen LogP contribution in [0.15, 0.2) is 23.7 Å². The minimum atomic E-state index is -0.208. The van der Waals surface area contributed by atoms with Gasteiger partial charge in [0.05, 0.1) is 37.2 Å². The van der Waals surface area contributed by atoms with E-state index in [4.69, 9.17) is 21.1 Å². The highest BCUT2D eigenvalue weighted by Gasteiger charge is 2.31. The van der Waals surface area contributed by atoms with Crippen molar-refractivity contribution in [3.05, 3.63) is 45.7 Å². The van der Waals surface area contributed by atoms with Crippen molar-refractivity contribution in [2.24, 2.45) is 0 Å². The first-order chi connectivity index (χ1) is 12.1. The molecule has 1 N–H and O–H groups in total. The van der Waals surface area contributed by atoms with Gasteiger partial charge < -0.3 is 14.8 Å². The number of aromatic nitrogens is 2. The smallest absolute Gasteiger partial charge is 0.221 e. The fraction of sp³-hybridized carbons (Fsp3) is 0.294. The zero-order chi connectivity index (χ0) is 17.6. The van der Waals surface area contributed by atoms with Crippen LogP contribution in [0.1, 0.15) is 29.3 Å². The van der Waals surface area contributed by atoms with Gasteiger partial charge in [-0.05, 0) is 6.07 Å². The third-order valence-corrected chi connectivity index (χ3v) is 5.48. The summed E-state index contributed by atoms with van der Waals surface area (Å²) < 4.78 is 12.9. The summed E-state index contributed by atoms with van der Waals surface area (Å²) in [5.74, 6) is 0.938. The third-order valence-electron chi connectivity index (χ3n) is 4.43. The van der Waals surface area contributed by atoms with Crippen molar-refractivity contribution in [2.75, 3.05) is 14.2 Å². The normalized spacial score (nSPS) is 17.1. The number of ether oxygens (including phenoxy) is 2. The number of imidazole rings is 1. The molecule has 0 radical (unpaired) electrons. The maximum atomic E-state index is 12.3. The number of carbonyl (C=O) groups excluding carboxylic acids is 1. The standard InChI is InChI=1S/C17H16ClN3O3S/c1-23-13-7-14(24-2)11(18)5-9(13)10-6-15(22)19-8-12-16(10)21-3-4-25-17(21)20-12/h3-5,7,10H,6,8H2,1-2H3,(H,19,22). The number of carbonyl (C=O) groups is 1. The fourth-order valence-electron chi connectivity index (χ4n) is 3.30. The Balaban J connectivity index is 1.95. The van der Waals surface area contributed by atoms with E-state index in [1.165, 1.54) is 0 Å². The zero-order valence-electron chi connectivity index (χ0n) is 13.7. The Morgan fingerprint density at radius 3 is 2.88 bits per heavy atom. The molecule has 1 atom stereocenters. The third kappa shape index (κ3) is 2.63. The number of amides is 1.